The number of aromatic nitrogens is 2. The van der Waals surface area contributed by atoms with Crippen molar-refractivity contribution < 1.29 is 13.2 Å². The average molecular weight is 304 g/mol. The molecule has 2 heterocycles. The molecule has 108 valence electrons. The van der Waals surface area contributed by atoms with Crippen molar-refractivity contribution in [3.05, 3.63) is 46.9 Å². The lowest BCUT2D eigenvalue weighted by atomic mass is 10.2. The van der Waals surface area contributed by atoms with E-state index in [1.54, 1.807) is 16.8 Å². The van der Waals surface area contributed by atoms with Gasteiger partial charge in [-0.15, -0.1) is 0 Å². The van der Waals surface area contributed by atoms with E-state index in [2.05, 4.69) is 4.98 Å². The van der Waals surface area contributed by atoms with Crippen LogP contribution in [0, 0.1) is 0 Å². The molecule has 2 aromatic heterocycles. The molecule has 0 aromatic carbocycles. The van der Waals surface area contributed by atoms with E-state index >= 15 is 0 Å². The summed E-state index contributed by atoms with van der Waals surface area (Å²) in [5.41, 5.74) is 5.71. The van der Waals surface area contributed by atoms with Crippen molar-refractivity contribution in [2.45, 2.75) is 25.6 Å². The molecule has 2 rings (SSSR count). The Morgan fingerprint density at radius 3 is 2.70 bits per heavy atom. The molecule has 2 N–H and O–H groups in total. The van der Waals surface area contributed by atoms with Crippen molar-refractivity contribution in [3.63, 3.8) is 0 Å². The number of rotatable bonds is 3. The fourth-order valence-electron chi connectivity index (χ4n) is 1.88. The maximum atomic E-state index is 12.6. The van der Waals surface area contributed by atoms with Gasteiger partial charge in [-0.2, -0.15) is 13.2 Å². The van der Waals surface area contributed by atoms with Crippen LogP contribution >= 0.6 is 11.6 Å². The SMILES string of the molecule is CC(N)Cc1cccn1-c1ncc(C(F)(F)F)cc1Cl. The van der Waals surface area contributed by atoms with Gasteiger partial charge in [0.05, 0.1) is 10.6 Å². The fourth-order valence-corrected chi connectivity index (χ4v) is 2.14. The Bertz CT molecular complexity index is 605. The van der Waals surface area contributed by atoms with Gasteiger partial charge in [0.2, 0.25) is 0 Å². The molecule has 1 unspecified atom stereocenters. The Hall–Kier alpha value is -1.53. The van der Waals surface area contributed by atoms with Crippen LogP contribution in [0.2, 0.25) is 5.02 Å². The standard InChI is InChI=1S/C13H13ClF3N3/c1-8(18)5-10-3-2-4-20(10)12-11(14)6-9(7-19-12)13(15,16)17/h2-4,6-8H,5,18H2,1H3. The summed E-state index contributed by atoms with van der Waals surface area (Å²) < 4.78 is 39.4. The third-order valence-corrected chi connectivity index (χ3v) is 3.02. The Labute approximate surface area is 119 Å². The monoisotopic (exact) mass is 303 g/mol. The number of pyridine rings is 1. The molecule has 0 fully saturated rings. The van der Waals surface area contributed by atoms with Gasteiger partial charge in [0.25, 0.3) is 0 Å². The van der Waals surface area contributed by atoms with E-state index in [4.69, 9.17) is 17.3 Å². The molecule has 7 heteroatoms. The summed E-state index contributed by atoms with van der Waals surface area (Å²) >= 11 is 5.92. The van der Waals surface area contributed by atoms with Gasteiger partial charge in [-0.05, 0) is 25.1 Å². The first-order valence-corrected chi connectivity index (χ1v) is 6.31. The molecule has 3 nitrogen and oxygen atoms in total. The minimum Gasteiger partial charge on any atom is -0.328 e. The van der Waals surface area contributed by atoms with Crippen molar-refractivity contribution in [2.24, 2.45) is 5.73 Å². The maximum absolute atomic E-state index is 12.6. The average Bonchev–Trinajstić information content (AvgIpc) is 2.74. The molecule has 0 saturated heterocycles. The van der Waals surface area contributed by atoms with E-state index in [1.165, 1.54) is 0 Å². The largest absolute Gasteiger partial charge is 0.417 e. The number of nitrogens with zero attached hydrogens (tertiary/aromatic N) is 2. The summed E-state index contributed by atoms with van der Waals surface area (Å²) in [7, 11) is 0. The summed E-state index contributed by atoms with van der Waals surface area (Å²) in [6, 6.07) is 4.41. The van der Waals surface area contributed by atoms with Crippen molar-refractivity contribution in [2.75, 3.05) is 0 Å². The third kappa shape index (κ3) is 3.13. The van der Waals surface area contributed by atoms with Gasteiger partial charge in [0.1, 0.15) is 0 Å². The summed E-state index contributed by atoms with van der Waals surface area (Å²) in [4.78, 5) is 3.83. The van der Waals surface area contributed by atoms with Gasteiger partial charge in [0, 0.05) is 30.6 Å². The molecule has 0 aliphatic rings. The first-order chi connectivity index (χ1) is 9.29. The first-order valence-electron chi connectivity index (χ1n) is 5.94. The van der Waals surface area contributed by atoms with Crippen LogP contribution in [0.15, 0.2) is 30.6 Å². The van der Waals surface area contributed by atoms with Gasteiger partial charge < -0.3 is 10.3 Å². The third-order valence-electron chi connectivity index (χ3n) is 2.74. The molecule has 0 aliphatic carbocycles. The normalized spacial score (nSPS) is 13.5. The summed E-state index contributed by atoms with van der Waals surface area (Å²) in [5, 5.41) is -0.0538. The van der Waals surface area contributed by atoms with Crippen LogP contribution in [0.4, 0.5) is 13.2 Å². The van der Waals surface area contributed by atoms with E-state index in [0.717, 1.165) is 18.0 Å². The topological polar surface area (TPSA) is 43.8 Å². The molecule has 0 aliphatic heterocycles. The van der Waals surface area contributed by atoms with Crippen molar-refractivity contribution in [3.8, 4) is 5.82 Å². The number of nitrogens with two attached hydrogens (primary N) is 1. The minimum atomic E-state index is -4.46. The van der Waals surface area contributed by atoms with Gasteiger partial charge in [-0.25, -0.2) is 4.98 Å². The highest BCUT2D eigenvalue weighted by atomic mass is 35.5. The minimum absolute atomic E-state index is 0.0538. The van der Waals surface area contributed by atoms with E-state index in [1.807, 2.05) is 13.0 Å². The van der Waals surface area contributed by atoms with Crippen LogP contribution in [-0.4, -0.2) is 15.6 Å². The van der Waals surface area contributed by atoms with Crippen LogP contribution in [0.3, 0.4) is 0 Å². The van der Waals surface area contributed by atoms with Crippen LogP contribution in [0.5, 0.6) is 0 Å². The van der Waals surface area contributed by atoms with Crippen LogP contribution in [0.25, 0.3) is 5.82 Å². The van der Waals surface area contributed by atoms with Gasteiger partial charge in [-0.1, -0.05) is 11.6 Å². The summed E-state index contributed by atoms with van der Waals surface area (Å²) in [5.74, 6) is 0.264. The maximum Gasteiger partial charge on any atom is 0.417 e. The number of hydrogen-bond donors (Lipinski definition) is 1. The molecule has 20 heavy (non-hydrogen) atoms. The molecular weight excluding hydrogens is 291 g/mol. The van der Waals surface area contributed by atoms with Crippen molar-refractivity contribution in [1.82, 2.24) is 9.55 Å². The highest BCUT2D eigenvalue weighted by molar-refractivity contribution is 6.32. The lowest BCUT2D eigenvalue weighted by Crippen LogP contribution is -2.19. The van der Waals surface area contributed by atoms with Crippen LogP contribution < -0.4 is 5.73 Å². The Balaban J connectivity index is 2.42. The molecule has 0 spiro atoms. The molecule has 0 radical (unpaired) electrons. The lowest BCUT2D eigenvalue weighted by Gasteiger charge is -2.13. The number of hydrogen-bond acceptors (Lipinski definition) is 2. The lowest BCUT2D eigenvalue weighted by molar-refractivity contribution is -0.137. The van der Waals surface area contributed by atoms with E-state index in [0.29, 0.717) is 6.42 Å². The second-order valence-electron chi connectivity index (χ2n) is 4.58. The zero-order valence-corrected chi connectivity index (χ0v) is 11.4. The van der Waals surface area contributed by atoms with Gasteiger partial charge in [-0.3, -0.25) is 0 Å². The molecule has 2 aromatic rings. The summed E-state index contributed by atoms with van der Waals surface area (Å²) in [6.07, 6.45) is -1.41. The second kappa shape index (κ2) is 5.46. The van der Waals surface area contributed by atoms with Crippen molar-refractivity contribution >= 4 is 11.6 Å². The molecule has 0 saturated carbocycles. The van der Waals surface area contributed by atoms with Gasteiger partial charge >= 0.3 is 6.18 Å². The molecule has 0 bridgehead atoms. The van der Waals surface area contributed by atoms with Crippen LogP contribution in [-0.2, 0) is 12.6 Å². The highest BCUT2D eigenvalue weighted by Gasteiger charge is 2.31. The summed E-state index contributed by atoms with van der Waals surface area (Å²) in [6.45, 7) is 1.85. The Morgan fingerprint density at radius 2 is 2.15 bits per heavy atom. The van der Waals surface area contributed by atoms with Crippen molar-refractivity contribution in [1.29, 1.82) is 0 Å². The zero-order chi connectivity index (χ0) is 14.9. The first kappa shape index (κ1) is 14.9. The molecule has 1 atom stereocenters. The molecule has 0 amide bonds. The van der Waals surface area contributed by atoms with E-state index in [-0.39, 0.29) is 16.9 Å². The molecular formula is C13H13ClF3N3. The highest BCUT2D eigenvalue weighted by Crippen LogP contribution is 2.32. The predicted molar refractivity (Wildman–Crippen MR) is 70.9 cm³/mol. The smallest absolute Gasteiger partial charge is 0.328 e. The second-order valence-corrected chi connectivity index (χ2v) is 4.99. The van der Waals surface area contributed by atoms with Gasteiger partial charge in [0.15, 0.2) is 5.82 Å². The Kier molecular flexibility index (Phi) is 4.06. The Morgan fingerprint density at radius 1 is 1.45 bits per heavy atom. The van der Waals surface area contributed by atoms with Crippen LogP contribution in [0.1, 0.15) is 18.2 Å². The zero-order valence-electron chi connectivity index (χ0n) is 10.7. The number of halogens is 4. The fraction of sp³-hybridized carbons (Fsp3) is 0.308. The van der Waals surface area contributed by atoms with E-state index < -0.39 is 11.7 Å². The van der Waals surface area contributed by atoms with E-state index in [9.17, 15) is 13.2 Å². The number of alkyl halides is 3. The quantitative estimate of drug-likeness (QED) is 0.944. The predicted octanol–water partition coefficient (Wildman–Crippen LogP) is 3.43.